The first kappa shape index (κ1) is 31.6. The molecule has 0 bridgehead atoms. The third-order valence-corrected chi connectivity index (χ3v) is 7.27. The van der Waals surface area contributed by atoms with Crippen LogP contribution in [0.4, 0.5) is 24.5 Å². The summed E-state index contributed by atoms with van der Waals surface area (Å²) in [5.41, 5.74) is -0.610. The van der Waals surface area contributed by atoms with Gasteiger partial charge in [0, 0.05) is 6.54 Å². The van der Waals surface area contributed by atoms with Crippen LogP contribution in [0.15, 0.2) is 60.7 Å². The number of hydrogen-bond acceptors (Lipinski definition) is 6. The second-order valence-corrected chi connectivity index (χ2v) is 11.0. The van der Waals surface area contributed by atoms with E-state index in [4.69, 9.17) is 21.1 Å². The van der Waals surface area contributed by atoms with Crippen LogP contribution in [0.1, 0.15) is 21.5 Å². The van der Waals surface area contributed by atoms with Gasteiger partial charge in [0.05, 0.1) is 48.0 Å². The number of methoxy groups -OCH3 is 2. The van der Waals surface area contributed by atoms with Gasteiger partial charge >= 0.3 is 6.18 Å². The van der Waals surface area contributed by atoms with Crippen LogP contribution in [-0.2, 0) is 27.4 Å². The summed E-state index contributed by atoms with van der Waals surface area (Å²) in [6.45, 7) is -0.651. The molecule has 2 N–H and O–H groups in total. The van der Waals surface area contributed by atoms with Crippen molar-refractivity contribution in [3.8, 4) is 11.5 Å². The van der Waals surface area contributed by atoms with Crippen LogP contribution in [0, 0.1) is 0 Å². The van der Waals surface area contributed by atoms with E-state index in [2.05, 4.69) is 10.6 Å². The first-order chi connectivity index (χ1) is 19.2. The van der Waals surface area contributed by atoms with E-state index < -0.39 is 45.8 Å². The van der Waals surface area contributed by atoms with Crippen LogP contribution in [0.5, 0.6) is 11.5 Å². The number of ether oxygens (including phenoxy) is 2. The molecule has 0 heterocycles. The smallest absolute Gasteiger partial charge is 0.416 e. The van der Waals surface area contributed by atoms with Gasteiger partial charge in [-0.3, -0.25) is 13.9 Å². The van der Waals surface area contributed by atoms with Gasteiger partial charge in [0.1, 0.15) is 6.54 Å². The van der Waals surface area contributed by atoms with Crippen molar-refractivity contribution < 1.29 is 40.7 Å². The summed E-state index contributed by atoms with van der Waals surface area (Å²) in [6, 6.07) is 13.5. The standard InChI is InChI=1S/C27H27ClF3N3O6S/c1-39-23-11-8-17(14-24(23)40-2)12-13-32-26(36)19-6-4-5-7-21(19)33-25(35)16-34(41(3,37)38)22-15-18(27(29,30)31)9-10-20(22)28/h4-11,14-15H,12-13,16H2,1-3H3,(H,32,36)(H,33,35). The average Bonchev–Trinajstić information content (AvgIpc) is 2.91. The predicted octanol–water partition coefficient (Wildman–Crippen LogP) is 4.75. The van der Waals surface area contributed by atoms with Gasteiger partial charge in [-0.05, 0) is 54.4 Å². The highest BCUT2D eigenvalue weighted by molar-refractivity contribution is 7.92. The van der Waals surface area contributed by atoms with Crippen LogP contribution in [0.3, 0.4) is 0 Å². The fourth-order valence-electron chi connectivity index (χ4n) is 3.82. The van der Waals surface area contributed by atoms with Crippen molar-refractivity contribution in [2.24, 2.45) is 0 Å². The SMILES string of the molecule is COc1ccc(CCNC(=O)c2ccccc2NC(=O)CN(c2cc(C(F)(F)F)ccc2Cl)S(C)(=O)=O)cc1OC. The summed E-state index contributed by atoms with van der Waals surface area (Å²) in [5.74, 6) is -0.314. The maximum atomic E-state index is 13.2. The highest BCUT2D eigenvalue weighted by Crippen LogP contribution is 2.36. The molecule has 3 aromatic rings. The normalized spacial score (nSPS) is 11.5. The van der Waals surface area contributed by atoms with E-state index in [0.717, 1.165) is 17.9 Å². The Hall–Kier alpha value is -3.97. The van der Waals surface area contributed by atoms with Gasteiger partial charge in [-0.25, -0.2) is 8.42 Å². The molecule has 0 unspecified atom stereocenters. The lowest BCUT2D eigenvalue weighted by Crippen LogP contribution is -2.38. The molecule has 3 aromatic carbocycles. The molecule has 3 rings (SSSR count). The molecule has 0 saturated heterocycles. The number of carbonyl (C=O) groups is 2. The maximum Gasteiger partial charge on any atom is 0.416 e. The Morgan fingerprint density at radius 2 is 1.66 bits per heavy atom. The molecular weight excluding hydrogens is 587 g/mol. The molecule has 9 nitrogen and oxygen atoms in total. The topological polar surface area (TPSA) is 114 Å². The van der Waals surface area contributed by atoms with E-state index in [0.29, 0.717) is 34.4 Å². The molecule has 0 saturated carbocycles. The molecule has 41 heavy (non-hydrogen) atoms. The Bertz CT molecular complexity index is 1530. The number of halogens is 4. The third kappa shape index (κ3) is 8.27. The minimum absolute atomic E-state index is 0.0738. The average molecular weight is 614 g/mol. The maximum absolute atomic E-state index is 13.2. The summed E-state index contributed by atoms with van der Waals surface area (Å²) in [4.78, 5) is 25.8. The number of nitrogens with one attached hydrogen (secondary N) is 2. The quantitative estimate of drug-likeness (QED) is 0.323. The molecule has 0 fully saturated rings. The lowest BCUT2D eigenvalue weighted by atomic mass is 10.1. The van der Waals surface area contributed by atoms with Crippen LogP contribution in [-0.4, -0.2) is 53.8 Å². The Balaban J connectivity index is 1.73. The summed E-state index contributed by atoms with van der Waals surface area (Å²) in [5, 5.41) is 4.92. The monoisotopic (exact) mass is 613 g/mol. The minimum atomic E-state index is -4.77. The number of alkyl halides is 3. The zero-order valence-electron chi connectivity index (χ0n) is 22.2. The van der Waals surface area contributed by atoms with Crippen LogP contribution in [0.25, 0.3) is 0 Å². The van der Waals surface area contributed by atoms with Crippen molar-refractivity contribution >= 4 is 44.8 Å². The highest BCUT2D eigenvalue weighted by Gasteiger charge is 2.33. The number of hydrogen-bond donors (Lipinski definition) is 2. The van der Waals surface area contributed by atoms with E-state index in [9.17, 15) is 31.2 Å². The fourth-order valence-corrected chi connectivity index (χ4v) is 4.95. The number of rotatable bonds is 11. The number of carbonyl (C=O) groups excluding carboxylic acids is 2. The summed E-state index contributed by atoms with van der Waals surface area (Å²) >= 11 is 6.01. The van der Waals surface area contributed by atoms with Crippen molar-refractivity contribution in [3.05, 3.63) is 82.4 Å². The number of benzene rings is 3. The van der Waals surface area contributed by atoms with Gasteiger partial charge in [-0.2, -0.15) is 13.2 Å². The van der Waals surface area contributed by atoms with Crippen molar-refractivity contribution in [2.45, 2.75) is 12.6 Å². The second kappa shape index (κ2) is 13.1. The summed E-state index contributed by atoms with van der Waals surface area (Å²) < 4.78 is 75.6. The van der Waals surface area contributed by atoms with E-state index >= 15 is 0 Å². The molecule has 220 valence electrons. The van der Waals surface area contributed by atoms with Gasteiger partial charge < -0.3 is 20.1 Å². The van der Waals surface area contributed by atoms with Crippen LogP contribution >= 0.6 is 11.6 Å². The number of para-hydroxylation sites is 1. The predicted molar refractivity (Wildman–Crippen MR) is 149 cm³/mol. The van der Waals surface area contributed by atoms with Gasteiger partial charge in [0.25, 0.3) is 5.91 Å². The molecule has 0 radical (unpaired) electrons. The molecule has 0 aliphatic heterocycles. The number of sulfonamides is 1. The number of nitrogens with zero attached hydrogens (tertiary/aromatic N) is 1. The molecule has 2 amide bonds. The van der Waals surface area contributed by atoms with E-state index in [-0.39, 0.29) is 22.8 Å². The molecular formula is C27H27ClF3N3O6S. The lowest BCUT2D eigenvalue weighted by molar-refractivity contribution is -0.137. The molecule has 0 aromatic heterocycles. The summed E-state index contributed by atoms with van der Waals surface area (Å²) in [7, 11) is -1.21. The molecule has 0 aliphatic rings. The van der Waals surface area contributed by atoms with Crippen molar-refractivity contribution in [1.29, 1.82) is 0 Å². The number of amides is 2. The molecule has 0 spiro atoms. The van der Waals surface area contributed by atoms with E-state index in [1.807, 2.05) is 6.07 Å². The molecule has 0 atom stereocenters. The third-order valence-electron chi connectivity index (χ3n) is 5.82. The summed E-state index contributed by atoms with van der Waals surface area (Å²) in [6.07, 6.45) is -3.57. The first-order valence-corrected chi connectivity index (χ1v) is 14.2. The van der Waals surface area contributed by atoms with E-state index in [1.54, 1.807) is 24.3 Å². The second-order valence-electron chi connectivity index (χ2n) is 8.72. The lowest BCUT2D eigenvalue weighted by Gasteiger charge is -2.24. The Morgan fingerprint density at radius 1 is 0.976 bits per heavy atom. The van der Waals surface area contributed by atoms with Crippen molar-refractivity contribution in [1.82, 2.24) is 5.32 Å². The first-order valence-electron chi connectivity index (χ1n) is 12.0. The van der Waals surface area contributed by atoms with E-state index in [1.165, 1.54) is 26.4 Å². The van der Waals surface area contributed by atoms with Crippen LogP contribution < -0.4 is 24.4 Å². The Kier molecular flexibility index (Phi) is 10.1. The van der Waals surface area contributed by atoms with Crippen molar-refractivity contribution in [2.75, 3.05) is 43.2 Å². The zero-order chi connectivity index (χ0) is 30.4. The molecule has 14 heteroatoms. The van der Waals surface area contributed by atoms with Crippen LogP contribution in [0.2, 0.25) is 5.02 Å². The van der Waals surface area contributed by atoms with Crippen molar-refractivity contribution in [3.63, 3.8) is 0 Å². The zero-order valence-corrected chi connectivity index (χ0v) is 23.8. The molecule has 0 aliphatic carbocycles. The number of anilines is 2. The van der Waals surface area contributed by atoms with Gasteiger partial charge in [0.15, 0.2) is 11.5 Å². The van der Waals surface area contributed by atoms with Gasteiger partial charge in [-0.1, -0.05) is 29.8 Å². The Morgan fingerprint density at radius 3 is 2.29 bits per heavy atom. The highest BCUT2D eigenvalue weighted by atomic mass is 35.5. The van der Waals surface area contributed by atoms with Gasteiger partial charge in [-0.15, -0.1) is 0 Å². The largest absolute Gasteiger partial charge is 0.493 e. The minimum Gasteiger partial charge on any atom is -0.493 e. The Labute approximate surface area is 240 Å². The van der Waals surface area contributed by atoms with Gasteiger partial charge in [0.2, 0.25) is 15.9 Å². The fraction of sp³-hybridized carbons (Fsp3) is 0.259.